The molecule has 1 N–H and O–H groups in total. The summed E-state index contributed by atoms with van der Waals surface area (Å²) >= 11 is 7.54. The van der Waals surface area contributed by atoms with E-state index in [1.807, 2.05) is 6.07 Å². The Kier molecular flexibility index (Phi) is 5.93. The van der Waals surface area contributed by atoms with Crippen LogP contribution in [0.25, 0.3) is 16.6 Å². The number of anilines is 1. The summed E-state index contributed by atoms with van der Waals surface area (Å²) in [7, 11) is 0. The Balaban J connectivity index is 1.43. The molecule has 2 heterocycles. The number of para-hydroxylation sites is 2. The molecule has 0 spiro atoms. The summed E-state index contributed by atoms with van der Waals surface area (Å²) in [5.74, 6) is 1.04. The number of thioether (sulfide) groups is 1. The van der Waals surface area contributed by atoms with Gasteiger partial charge in [0.05, 0.1) is 27.4 Å². The van der Waals surface area contributed by atoms with Gasteiger partial charge in [-0.15, -0.1) is 0 Å². The lowest BCUT2D eigenvalue weighted by Crippen LogP contribution is -2.23. The SMILES string of the molecule is O=C(CSc1nc2ccccc2c(=O)n1-c1ccccc1Cl)Nc1ccc2c(c1)OCCO2. The molecule has 4 aromatic rings. The number of hydrogen-bond acceptors (Lipinski definition) is 6. The van der Waals surface area contributed by atoms with Crippen molar-refractivity contribution in [1.82, 2.24) is 9.55 Å². The van der Waals surface area contributed by atoms with E-state index in [4.69, 9.17) is 21.1 Å². The van der Waals surface area contributed by atoms with E-state index in [1.54, 1.807) is 60.7 Å². The van der Waals surface area contributed by atoms with E-state index in [0.29, 0.717) is 57.2 Å². The summed E-state index contributed by atoms with van der Waals surface area (Å²) in [6.07, 6.45) is 0. The number of rotatable bonds is 5. The molecule has 3 aromatic carbocycles. The topological polar surface area (TPSA) is 82.5 Å². The van der Waals surface area contributed by atoms with Crippen LogP contribution in [0.2, 0.25) is 5.02 Å². The molecule has 0 saturated carbocycles. The molecular weight excluding hydrogens is 462 g/mol. The van der Waals surface area contributed by atoms with Crippen molar-refractivity contribution < 1.29 is 14.3 Å². The van der Waals surface area contributed by atoms with E-state index >= 15 is 0 Å². The van der Waals surface area contributed by atoms with E-state index in [2.05, 4.69) is 10.3 Å². The van der Waals surface area contributed by atoms with Crippen LogP contribution in [-0.4, -0.2) is 34.4 Å². The van der Waals surface area contributed by atoms with Gasteiger partial charge in [0.2, 0.25) is 5.91 Å². The fraction of sp³-hybridized carbons (Fsp3) is 0.125. The molecule has 1 aliphatic rings. The van der Waals surface area contributed by atoms with E-state index in [1.165, 1.54) is 4.57 Å². The lowest BCUT2D eigenvalue weighted by atomic mass is 10.2. The zero-order chi connectivity index (χ0) is 22.8. The van der Waals surface area contributed by atoms with Crippen molar-refractivity contribution in [2.75, 3.05) is 24.3 Å². The van der Waals surface area contributed by atoms with Crippen LogP contribution >= 0.6 is 23.4 Å². The zero-order valence-corrected chi connectivity index (χ0v) is 18.9. The van der Waals surface area contributed by atoms with Crippen LogP contribution in [0.4, 0.5) is 5.69 Å². The number of ether oxygens (including phenoxy) is 2. The molecule has 0 radical (unpaired) electrons. The predicted octanol–water partition coefficient (Wildman–Crippen LogP) is 4.54. The summed E-state index contributed by atoms with van der Waals surface area (Å²) in [6.45, 7) is 0.967. The monoisotopic (exact) mass is 479 g/mol. The van der Waals surface area contributed by atoms with Gasteiger partial charge >= 0.3 is 0 Å². The molecule has 33 heavy (non-hydrogen) atoms. The standard InChI is InChI=1S/C24H18ClN3O4S/c25-17-6-2-4-8-19(17)28-23(30)16-5-1-3-7-18(16)27-24(28)33-14-22(29)26-15-9-10-20-21(13-15)32-12-11-31-20/h1-10,13H,11-12,14H2,(H,26,29). The molecule has 0 saturated heterocycles. The van der Waals surface area contributed by atoms with Crippen molar-refractivity contribution in [1.29, 1.82) is 0 Å². The average Bonchev–Trinajstić information content (AvgIpc) is 2.83. The first-order chi connectivity index (χ1) is 16.1. The van der Waals surface area contributed by atoms with Crippen molar-refractivity contribution in [2.24, 2.45) is 0 Å². The molecular formula is C24H18ClN3O4S. The highest BCUT2D eigenvalue weighted by atomic mass is 35.5. The summed E-state index contributed by atoms with van der Waals surface area (Å²) in [4.78, 5) is 30.6. The number of aromatic nitrogens is 2. The third-order valence-corrected chi connectivity index (χ3v) is 6.25. The lowest BCUT2D eigenvalue weighted by molar-refractivity contribution is -0.113. The van der Waals surface area contributed by atoms with Gasteiger partial charge in [-0.05, 0) is 36.4 Å². The Morgan fingerprint density at radius 1 is 1.03 bits per heavy atom. The minimum absolute atomic E-state index is 0.0453. The maximum atomic E-state index is 13.3. The van der Waals surface area contributed by atoms with Crippen LogP contribution in [0.15, 0.2) is 76.7 Å². The number of amides is 1. The van der Waals surface area contributed by atoms with Crippen LogP contribution in [0.3, 0.4) is 0 Å². The number of nitrogens with one attached hydrogen (secondary N) is 1. The number of hydrogen-bond donors (Lipinski definition) is 1. The average molecular weight is 480 g/mol. The van der Waals surface area contributed by atoms with E-state index in [-0.39, 0.29) is 17.2 Å². The minimum atomic E-state index is -0.247. The van der Waals surface area contributed by atoms with Crippen molar-refractivity contribution in [2.45, 2.75) is 5.16 Å². The quantitative estimate of drug-likeness (QED) is 0.334. The van der Waals surface area contributed by atoms with Crippen LogP contribution in [0, 0.1) is 0 Å². The highest BCUT2D eigenvalue weighted by Gasteiger charge is 2.17. The Hall–Kier alpha value is -3.49. The minimum Gasteiger partial charge on any atom is -0.486 e. The molecule has 1 aromatic heterocycles. The fourth-order valence-electron chi connectivity index (χ4n) is 3.50. The number of carbonyl (C=O) groups excluding carboxylic acids is 1. The summed E-state index contributed by atoms with van der Waals surface area (Å²) in [6, 6.07) is 19.4. The second-order valence-corrected chi connectivity index (χ2v) is 8.55. The second-order valence-electron chi connectivity index (χ2n) is 7.20. The molecule has 7 nitrogen and oxygen atoms in total. The van der Waals surface area contributed by atoms with Gasteiger partial charge in [0.1, 0.15) is 13.2 Å². The van der Waals surface area contributed by atoms with Gasteiger partial charge in [-0.2, -0.15) is 0 Å². The van der Waals surface area contributed by atoms with Crippen LogP contribution in [-0.2, 0) is 4.79 Å². The maximum Gasteiger partial charge on any atom is 0.266 e. The van der Waals surface area contributed by atoms with Gasteiger partial charge in [0, 0.05) is 11.8 Å². The van der Waals surface area contributed by atoms with Crippen molar-refractivity contribution >= 4 is 45.9 Å². The molecule has 1 amide bonds. The molecule has 166 valence electrons. The number of halogens is 1. The largest absolute Gasteiger partial charge is 0.486 e. The number of benzene rings is 3. The van der Waals surface area contributed by atoms with E-state index in [9.17, 15) is 9.59 Å². The second kappa shape index (κ2) is 9.17. The van der Waals surface area contributed by atoms with E-state index < -0.39 is 0 Å². The van der Waals surface area contributed by atoms with Crippen LogP contribution in [0.1, 0.15) is 0 Å². The highest BCUT2D eigenvalue weighted by molar-refractivity contribution is 7.99. The van der Waals surface area contributed by atoms with Gasteiger partial charge < -0.3 is 14.8 Å². The van der Waals surface area contributed by atoms with Gasteiger partial charge in [-0.3, -0.25) is 14.2 Å². The summed E-state index contributed by atoms with van der Waals surface area (Å²) in [5.41, 5.74) is 1.42. The van der Waals surface area contributed by atoms with E-state index in [0.717, 1.165) is 11.8 Å². The first-order valence-corrected chi connectivity index (χ1v) is 11.6. The van der Waals surface area contributed by atoms with Gasteiger partial charge in [-0.1, -0.05) is 47.6 Å². The van der Waals surface area contributed by atoms with Gasteiger partial charge in [0.25, 0.3) is 5.56 Å². The molecule has 0 atom stereocenters. The van der Waals surface area contributed by atoms with Gasteiger partial charge in [0.15, 0.2) is 16.7 Å². The number of carbonyl (C=O) groups is 1. The first kappa shape index (κ1) is 21.4. The molecule has 5 rings (SSSR count). The third-order valence-electron chi connectivity index (χ3n) is 5.00. The predicted molar refractivity (Wildman–Crippen MR) is 129 cm³/mol. The number of nitrogens with zero attached hydrogens (tertiary/aromatic N) is 2. The normalized spacial score (nSPS) is 12.5. The Morgan fingerprint density at radius 2 is 1.79 bits per heavy atom. The Bertz CT molecular complexity index is 1420. The highest BCUT2D eigenvalue weighted by Crippen LogP contribution is 2.33. The summed E-state index contributed by atoms with van der Waals surface area (Å²) in [5, 5.41) is 4.12. The maximum absolute atomic E-state index is 13.3. The Labute approximate surface area is 198 Å². The fourth-order valence-corrected chi connectivity index (χ4v) is 4.53. The smallest absolute Gasteiger partial charge is 0.266 e. The molecule has 0 bridgehead atoms. The van der Waals surface area contributed by atoms with Crippen molar-refractivity contribution in [3.05, 3.63) is 82.1 Å². The number of fused-ring (bicyclic) bond motifs is 2. The Morgan fingerprint density at radius 3 is 2.64 bits per heavy atom. The van der Waals surface area contributed by atoms with Crippen molar-refractivity contribution in [3.63, 3.8) is 0 Å². The molecule has 0 fully saturated rings. The third kappa shape index (κ3) is 4.40. The lowest BCUT2D eigenvalue weighted by Gasteiger charge is -2.19. The molecule has 0 unspecified atom stereocenters. The molecule has 9 heteroatoms. The van der Waals surface area contributed by atoms with Crippen LogP contribution in [0.5, 0.6) is 11.5 Å². The van der Waals surface area contributed by atoms with Gasteiger partial charge in [-0.25, -0.2) is 4.98 Å². The zero-order valence-electron chi connectivity index (χ0n) is 17.3. The molecule has 0 aliphatic carbocycles. The van der Waals surface area contributed by atoms with Crippen molar-refractivity contribution in [3.8, 4) is 17.2 Å². The molecule has 1 aliphatic heterocycles. The van der Waals surface area contributed by atoms with Crippen LogP contribution < -0.4 is 20.3 Å². The summed E-state index contributed by atoms with van der Waals surface area (Å²) < 4.78 is 12.5. The first-order valence-electron chi connectivity index (χ1n) is 10.2.